The van der Waals surface area contributed by atoms with Crippen LogP contribution in [0, 0.1) is 17.6 Å². The van der Waals surface area contributed by atoms with Gasteiger partial charge in [-0.05, 0) is 66.3 Å². The second-order valence-corrected chi connectivity index (χ2v) is 8.60. The van der Waals surface area contributed by atoms with Gasteiger partial charge in [0.1, 0.15) is 11.6 Å². The molecule has 2 heterocycles. The van der Waals surface area contributed by atoms with Crippen molar-refractivity contribution in [3.05, 3.63) is 70.9 Å². The van der Waals surface area contributed by atoms with Crippen LogP contribution in [0.2, 0.25) is 0 Å². The minimum Gasteiger partial charge on any atom is -0.352 e. The number of hydrogen-bond donors (Lipinski definition) is 1. The molecule has 0 bridgehead atoms. The Morgan fingerprint density at radius 1 is 1.12 bits per heavy atom. The number of nitrogens with zero attached hydrogens (tertiary/aromatic N) is 1. The van der Waals surface area contributed by atoms with E-state index in [0.717, 1.165) is 34.7 Å². The molecule has 1 N–H and O–H groups in total. The summed E-state index contributed by atoms with van der Waals surface area (Å²) in [6, 6.07) is 10.4. The van der Waals surface area contributed by atoms with Crippen LogP contribution >= 0.6 is 0 Å². The molecular weight excluding hydrogens is 427 g/mol. The van der Waals surface area contributed by atoms with Gasteiger partial charge in [-0.15, -0.1) is 0 Å². The number of likely N-dealkylation sites (tertiary alicyclic amines) is 1. The van der Waals surface area contributed by atoms with Crippen molar-refractivity contribution in [2.75, 3.05) is 19.6 Å². The average Bonchev–Trinajstić information content (AvgIpc) is 3.31. The molecule has 2 aromatic carbocycles. The monoisotopic (exact) mass is 450 g/mol. The lowest BCUT2D eigenvalue weighted by Crippen LogP contribution is -2.32. The highest BCUT2D eigenvalue weighted by Gasteiger charge is 2.36. The number of aromatic amines is 1. The van der Waals surface area contributed by atoms with Crippen LogP contribution in [0.15, 0.2) is 42.5 Å². The topological polar surface area (TPSA) is 36.1 Å². The maximum Gasteiger partial charge on any atom is 0.401 e. The molecule has 0 aliphatic carbocycles. The Morgan fingerprint density at radius 3 is 2.53 bits per heavy atom. The summed E-state index contributed by atoms with van der Waals surface area (Å²) >= 11 is 0. The molecule has 2 atom stereocenters. The predicted octanol–water partition coefficient (Wildman–Crippen LogP) is 5.86. The largest absolute Gasteiger partial charge is 0.401 e. The molecule has 170 valence electrons. The third-order valence-corrected chi connectivity index (χ3v) is 6.18. The molecule has 0 spiro atoms. The van der Waals surface area contributed by atoms with Gasteiger partial charge in [0.15, 0.2) is 5.78 Å². The Kier molecular flexibility index (Phi) is 6.07. The summed E-state index contributed by atoms with van der Waals surface area (Å²) in [5, 5.41) is 0.813. The predicted molar refractivity (Wildman–Crippen MR) is 112 cm³/mol. The first-order chi connectivity index (χ1) is 15.1. The minimum atomic E-state index is -4.19. The molecule has 32 heavy (non-hydrogen) atoms. The summed E-state index contributed by atoms with van der Waals surface area (Å²) in [6.07, 6.45) is -3.62. The fraction of sp³-hybridized carbons (Fsp3) is 0.375. The van der Waals surface area contributed by atoms with E-state index < -0.39 is 24.4 Å². The zero-order valence-electron chi connectivity index (χ0n) is 17.5. The van der Waals surface area contributed by atoms with Gasteiger partial charge in [-0.2, -0.15) is 13.2 Å². The third-order valence-electron chi connectivity index (χ3n) is 6.18. The first kappa shape index (κ1) is 22.5. The number of hydrogen-bond acceptors (Lipinski definition) is 2. The van der Waals surface area contributed by atoms with Crippen LogP contribution in [0.5, 0.6) is 0 Å². The van der Waals surface area contributed by atoms with Crippen molar-refractivity contribution in [3.63, 3.8) is 0 Å². The van der Waals surface area contributed by atoms with E-state index in [-0.39, 0.29) is 29.6 Å². The quantitative estimate of drug-likeness (QED) is 0.377. The fourth-order valence-electron chi connectivity index (χ4n) is 4.52. The number of H-pyrrole nitrogens is 1. The smallest absolute Gasteiger partial charge is 0.352 e. The van der Waals surface area contributed by atoms with Crippen molar-refractivity contribution >= 4 is 16.7 Å². The lowest BCUT2D eigenvalue weighted by atomic mass is 9.86. The minimum absolute atomic E-state index is 0.0713. The van der Waals surface area contributed by atoms with E-state index in [1.54, 1.807) is 6.07 Å². The lowest BCUT2D eigenvalue weighted by molar-refractivity contribution is -0.143. The summed E-state index contributed by atoms with van der Waals surface area (Å²) in [7, 11) is 0. The number of carbonyl (C=O) groups is 1. The maximum absolute atomic E-state index is 13.4. The van der Waals surface area contributed by atoms with Crippen molar-refractivity contribution < 1.29 is 26.7 Å². The Balaban J connectivity index is 1.47. The number of ketones is 1. The first-order valence-electron chi connectivity index (χ1n) is 10.5. The van der Waals surface area contributed by atoms with Crippen molar-refractivity contribution in [1.29, 1.82) is 0 Å². The van der Waals surface area contributed by atoms with Crippen LogP contribution < -0.4 is 0 Å². The molecule has 1 aromatic heterocycles. The van der Waals surface area contributed by atoms with Crippen LogP contribution in [0.3, 0.4) is 0 Å². The van der Waals surface area contributed by atoms with E-state index in [1.165, 1.54) is 4.90 Å². The summed E-state index contributed by atoms with van der Waals surface area (Å²) in [5.74, 6) is -1.56. The van der Waals surface area contributed by atoms with Gasteiger partial charge in [-0.25, -0.2) is 8.78 Å². The Bertz CT molecular complexity index is 1120. The van der Waals surface area contributed by atoms with Crippen molar-refractivity contribution in [2.24, 2.45) is 5.92 Å². The number of alkyl halides is 3. The third kappa shape index (κ3) is 5.18. The molecule has 1 aliphatic rings. The zero-order chi connectivity index (χ0) is 23.0. The molecular formula is C24H23F5N2O. The summed E-state index contributed by atoms with van der Waals surface area (Å²) in [5.41, 5.74) is 2.35. The zero-order valence-corrected chi connectivity index (χ0v) is 17.5. The van der Waals surface area contributed by atoms with Crippen LogP contribution in [0.25, 0.3) is 10.9 Å². The number of benzene rings is 2. The number of Topliss-reactive ketones (excluding diaryl/α,β-unsaturated/α-hetero) is 1. The van der Waals surface area contributed by atoms with Gasteiger partial charge in [0.05, 0.1) is 12.2 Å². The summed E-state index contributed by atoms with van der Waals surface area (Å²) < 4.78 is 64.8. The van der Waals surface area contributed by atoms with Gasteiger partial charge in [-0.1, -0.05) is 13.0 Å². The van der Waals surface area contributed by atoms with E-state index in [1.807, 2.05) is 25.1 Å². The molecule has 3 nitrogen and oxygen atoms in total. The summed E-state index contributed by atoms with van der Waals surface area (Å²) in [4.78, 5) is 17.1. The van der Waals surface area contributed by atoms with E-state index in [0.29, 0.717) is 25.2 Å². The van der Waals surface area contributed by atoms with Crippen LogP contribution in [-0.2, 0) is 6.42 Å². The average molecular weight is 450 g/mol. The number of nitrogens with one attached hydrogen (secondary N) is 1. The molecule has 3 aromatic rings. The summed E-state index contributed by atoms with van der Waals surface area (Å²) in [6.45, 7) is 1.97. The molecule has 1 fully saturated rings. The molecule has 4 rings (SSSR count). The van der Waals surface area contributed by atoms with E-state index >= 15 is 0 Å². The normalized spacial score (nSPS) is 18.4. The molecule has 0 saturated carbocycles. The standard InChI is InChI=1S/C24H23F5N2O/c1-14(17-4-5-31(12-17)13-24(27,28)29)16-2-3-21-18(9-16)10-22(30-21)23(32)8-15-6-19(25)11-20(26)7-15/h2-3,6-7,9-11,14,17,30H,4-5,8,12-13H2,1H3/t14-,17+/m0/s1. The number of fused-ring (bicyclic) bond motifs is 1. The fourth-order valence-corrected chi connectivity index (χ4v) is 4.52. The SMILES string of the molecule is C[C@@H](c1ccc2[nH]c(C(=O)Cc3cc(F)cc(F)c3)cc2c1)[C@@H]1CCN(CC(F)(F)F)C1. The number of carbonyl (C=O) groups excluding carboxylic acids is 1. The first-order valence-corrected chi connectivity index (χ1v) is 10.5. The van der Waals surface area contributed by atoms with Crippen LogP contribution in [0.4, 0.5) is 22.0 Å². The van der Waals surface area contributed by atoms with E-state index in [2.05, 4.69) is 4.98 Å². The van der Waals surface area contributed by atoms with Crippen molar-refractivity contribution in [2.45, 2.75) is 31.9 Å². The highest BCUT2D eigenvalue weighted by molar-refractivity contribution is 6.00. The lowest BCUT2D eigenvalue weighted by Gasteiger charge is -2.21. The number of aromatic nitrogens is 1. The van der Waals surface area contributed by atoms with Gasteiger partial charge in [-0.3, -0.25) is 9.69 Å². The number of rotatable bonds is 6. The molecule has 0 amide bonds. The molecule has 0 radical (unpaired) electrons. The molecule has 1 aliphatic heterocycles. The second kappa shape index (κ2) is 8.65. The van der Waals surface area contributed by atoms with E-state index in [4.69, 9.17) is 0 Å². The molecule has 1 saturated heterocycles. The molecule has 0 unspecified atom stereocenters. The van der Waals surface area contributed by atoms with Gasteiger partial charge < -0.3 is 4.98 Å². The van der Waals surface area contributed by atoms with E-state index in [9.17, 15) is 26.7 Å². The highest BCUT2D eigenvalue weighted by atomic mass is 19.4. The van der Waals surface area contributed by atoms with Gasteiger partial charge in [0.2, 0.25) is 0 Å². The Labute approximate surface area is 182 Å². The number of halogens is 5. The van der Waals surface area contributed by atoms with Gasteiger partial charge >= 0.3 is 6.18 Å². The Hall–Kier alpha value is -2.74. The molecule has 8 heteroatoms. The maximum atomic E-state index is 13.4. The van der Waals surface area contributed by atoms with Crippen LogP contribution in [0.1, 0.15) is 40.9 Å². The second-order valence-electron chi connectivity index (χ2n) is 8.60. The van der Waals surface area contributed by atoms with Crippen molar-refractivity contribution in [3.8, 4) is 0 Å². The Morgan fingerprint density at radius 2 is 1.84 bits per heavy atom. The van der Waals surface area contributed by atoms with Gasteiger partial charge in [0, 0.05) is 29.9 Å². The highest BCUT2D eigenvalue weighted by Crippen LogP contribution is 2.34. The van der Waals surface area contributed by atoms with Gasteiger partial charge in [0.25, 0.3) is 0 Å². The van der Waals surface area contributed by atoms with Crippen molar-refractivity contribution in [1.82, 2.24) is 9.88 Å². The van der Waals surface area contributed by atoms with Crippen LogP contribution in [-0.4, -0.2) is 41.5 Å².